The Hall–Kier alpha value is -4.62. The van der Waals surface area contributed by atoms with Gasteiger partial charge in [0.15, 0.2) is 0 Å². The zero-order valence-corrected chi connectivity index (χ0v) is 22.3. The highest BCUT2D eigenvalue weighted by molar-refractivity contribution is 5.96. The summed E-state index contributed by atoms with van der Waals surface area (Å²) in [6, 6.07) is 28.8. The van der Waals surface area contributed by atoms with Gasteiger partial charge in [0.05, 0.1) is 35.3 Å². The normalized spacial score (nSPS) is 11.5. The summed E-state index contributed by atoms with van der Waals surface area (Å²) < 4.78 is 5.99. The van der Waals surface area contributed by atoms with Gasteiger partial charge in [-0.2, -0.15) is 0 Å². The van der Waals surface area contributed by atoms with Crippen LogP contribution in [0.5, 0.6) is 0 Å². The average Bonchev–Trinajstić information content (AvgIpc) is 2.94. The van der Waals surface area contributed by atoms with Crippen molar-refractivity contribution < 1.29 is 4.74 Å². The van der Waals surface area contributed by atoms with Gasteiger partial charge < -0.3 is 26.0 Å². The number of likely N-dealkylation sites (N-methyl/N-ethyl adjacent to an activating group) is 2. The quantitative estimate of drug-likeness (QED) is 0.149. The van der Waals surface area contributed by atoms with E-state index in [9.17, 15) is 0 Å². The Balaban J connectivity index is 1.04. The van der Waals surface area contributed by atoms with E-state index in [2.05, 4.69) is 72.4 Å². The fourth-order valence-electron chi connectivity index (χ4n) is 4.89. The van der Waals surface area contributed by atoms with Crippen molar-refractivity contribution >= 4 is 66.4 Å². The molecule has 0 fully saturated rings. The number of nitrogen functional groups attached to an aromatic ring is 2. The number of fused-ring (bicyclic) bond motifs is 4. The van der Waals surface area contributed by atoms with Gasteiger partial charge in [-0.3, -0.25) is 0 Å². The van der Waals surface area contributed by atoms with Crippen molar-refractivity contribution in [2.24, 2.45) is 0 Å². The van der Waals surface area contributed by atoms with Gasteiger partial charge in [-0.25, -0.2) is 9.97 Å². The zero-order chi connectivity index (χ0) is 26.9. The molecule has 7 nitrogen and oxygen atoms in total. The van der Waals surface area contributed by atoms with Crippen LogP contribution >= 0.6 is 0 Å². The first kappa shape index (κ1) is 24.7. The van der Waals surface area contributed by atoms with Gasteiger partial charge in [-0.1, -0.05) is 24.3 Å². The fraction of sp³-hybridized carbons (Fsp3) is 0.188. The van der Waals surface area contributed by atoms with Crippen molar-refractivity contribution in [1.82, 2.24) is 9.97 Å². The molecule has 0 aliphatic carbocycles. The Bertz CT molecular complexity index is 1690. The Morgan fingerprint density at radius 3 is 1.36 bits per heavy atom. The fourth-order valence-corrected chi connectivity index (χ4v) is 4.89. The third kappa shape index (κ3) is 5.22. The van der Waals surface area contributed by atoms with Crippen molar-refractivity contribution in [2.45, 2.75) is 0 Å². The molecule has 0 aliphatic heterocycles. The molecule has 0 aliphatic rings. The second-order valence-electron chi connectivity index (χ2n) is 10.1. The molecular weight excluding hydrogens is 484 g/mol. The maximum atomic E-state index is 5.99. The van der Waals surface area contributed by atoms with E-state index in [1.54, 1.807) is 0 Å². The molecular formula is C32H32N6O. The highest BCUT2D eigenvalue weighted by Gasteiger charge is 2.08. The summed E-state index contributed by atoms with van der Waals surface area (Å²) in [5.41, 5.74) is 19.3. The van der Waals surface area contributed by atoms with Gasteiger partial charge in [-0.15, -0.1) is 0 Å². The number of hydrogen-bond acceptors (Lipinski definition) is 7. The predicted octanol–water partition coefficient (Wildman–Crippen LogP) is 5.84. The number of nitrogens with zero attached hydrogens (tertiary/aromatic N) is 4. The zero-order valence-electron chi connectivity index (χ0n) is 22.3. The summed E-state index contributed by atoms with van der Waals surface area (Å²) in [5, 5.41) is 4.42. The Kier molecular flexibility index (Phi) is 6.50. The molecule has 4 aromatic carbocycles. The molecule has 6 rings (SSSR count). The minimum atomic E-state index is 0.636. The SMILES string of the molecule is CN(CCOCCN(C)c1ccc2cc3ccc(N)cc3nc2c1)c1ccc2cc3ccc(N)cc3nc2c1. The van der Waals surface area contributed by atoms with Crippen LogP contribution in [0.2, 0.25) is 0 Å². The highest BCUT2D eigenvalue weighted by Crippen LogP contribution is 2.26. The Morgan fingerprint density at radius 2 is 0.923 bits per heavy atom. The lowest BCUT2D eigenvalue weighted by atomic mass is 10.1. The number of nitrogens with two attached hydrogens (primary N) is 2. The van der Waals surface area contributed by atoms with Gasteiger partial charge in [0.25, 0.3) is 0 Å². The Labute approximate surface area is 227 Å². The second-order valence-corrected chi connectivity index (χ2v) is 10.1. The average molecular weight is 517 g/mol. The van der Waals surface area contributed by atoms with Crippen LogP contribution in [0.4, 0.5) is 22.7 Å². The number of aromatic nitrogens is 2. The molecule has 2 heterocycles. The monoisotopic (exact) mass is 516 g/mol. The molecule has 196 valence electrons. The first-order valence-corrected chi connectivity index (χ1v) is 13.1. The summed E-state index contributed by atoms with van der Waals surface area (Å²) in [6.07, 6.45) is 0. The highest BCUT2D eigenvalue weighted by atomic mass is 16.5. The third-order valence-electron chi connectivity index (χ3n) is 7.26. The summed E-state index contributed by atoms with van der Waals surface area (Å²) in [6.45, 7) is 2.84. The molecule has 39 heavy (non-hydrogen) atoms. The van der Waals surface area contributed by atoms with Crippen LogP contribution in [0, 0.1) is 0 Å². The van der Waals surface area contributed by atoms with E-state index in [1.165, 1.54) is 0 Å². The van der Waals surface area contributed by atoms with Crippen molar-refractivity contribution in [3.8, 4) is 0 Å². The van der Waals surface area contributed by atoms with Crippen LogP contribution < -0.4 is 21.3 Å². The van der Waals surface area contributed by atoms with Gasteiger partial charge in [0, 0.05) is 71.5 Å². The van der Waals surface area contributed by atoms with Crippen LogP contribution in [0.25, 0.3) is 43.6 Å². The number of pyridine rings is 2. The van der Waals surface area contributed by atoms with E-state index in [1.807, 2.05) is 36.4 Å². The third-order valence-corrected chi connectivity index (χ3v) is 7.26. The van der Waals surface area contributed by atoms with E-state index in [4.69, 9.17) is 26.2 Å². The molecule has 6 aromatic rings. The molecule has 0 bridgehead atoms. The maximum absolute atomic E-state index is 5.99. The topological polar surface area (TPSA) is 93.5 Å². The summed E-state index contributed by atoms with van der Waals surface area (Å²) in [4.78, 5) is 14.0. The lowest BCUT2D eigenvalue weighted by molar-refractivity contribution is 0.147. The molecule has 0 spiro atoms. The van der Waals surface area contributed by atoms with Crippen LogP contribution in [-0.2, 0) is 4.74 Å². The van der Waals surface area contributed by atoms with Crippen LogP contribution in [0.15, 0.2) is 84.9 Å². The van der Waals surface area contributed by atoms with Crippen molar-refractivity contribution in [1.29, 1.82) is 0 Å². The van der Waals surface area contributed by atoms with Gasteiger partial charge in [0.2, 0.25) is 0 Å². The summed E-state index contributed by atoms with van der Waals surface area (Å²) in [5.74, 6) is 0. The second kappa shape index (κ2) is 10.3. The van der Waals surface area contributed by atoms with Crippen molar-refractivity contribution in [2.75, 3.05) is 61.7 Å². The number of ether oxygens (including phenoxy) is 1. The first-order chi connectivity index (χ1) is 18.9. The predicted molar refractivity (Wildman–Crippen MR) is 165 cm³/mol. The lowest BCUT2D eigenvalue weighted by Crippen LogP contribution is -2.26. The minimum absolute atomic E-state index is 0.636. The molecule has 0 radical (unpaired) electrons. The van der Waals surface area contributed by atoms with Gasteiger partial charge >= 0.3 is 0 Å². The molecule has 0 amide bonds. The van der Waals surface area contributed by atoms with Crippen molar-refractivity contribution in [3.63, 3.8) is 0 Å². The molecule has 2 aromatic heterocycles. The molecule has 0 saturated heterocycles. The lowest BCUT2D eigenvalue weighted by Gasteiger charge is -2.22. The van der Waals surface area contributed by atoms with E-state index in [0.717, 1.165) is 79.5 Å². The maximum Gasteiger partial charge on any atom is 0.0730 e. The molecule has 0 unspecified atom stereocenters. The molecule has 7 heteroatoms. The van der Waals surface area contributed by atoms with E-state index in [0.29, 0.717) is 13.2 Å². The van der Waals surface area contributed by atoms with E-state index < -0.39 is 0 Å². The van der Waals surface area contributed by atoms with Crippen molar-refractivity contribution in [3.05, 3.63) is 84.9 Å². The largest absolute Gasteiger partial charge is 0.399 e. The van der Waals surface area contributed by atoms with Crippen LogP contribution in [0.3, 0.4) is 0 Å². The van der Waals surface area contributed by atoms with E-state index in [-0.39, 0.29) is 0 Å². The summed E-state index contributed by atoms with van der Waals surface area (Å²) >= 11 is 0. The standard InChI is InChI=1S/C32H32N6O/c1-37(27-9-5-23-15-21-3-7-25(33)17-29(21)35-31(23)19-27)11-13-39-14-12-38(2)28-10-6-24-16-22-4-8-26(34)18-30(22)36-32(24)20-28/h3-10,15-20H,11-14,33-34H2,1-2H3. The summed E-state index contributed by atoms with van der Waals surface area (Å²) in [7, 11) is 4.16. The molecule has 0 atom stereocenters. The number of anilines is 4. The smallest absolute Gasteiger partial charge is 0.0730 e. The van der Waals surface area contributed by atoms with Gasteiger partial charge in [0.1, 0.15) is 0 Å². The molecule has 0 saturated carbocycles. The van der Waals surface area contributed by atoms with E-state index >= 15 is 0 Å². The first-order valence-electron chi connectivity index (χ1n) is 13.1. The number of benzene rings is 4. The number of rotatable bonds is 8. The van der Waals surface area contributed by atoms with Gasteiger partial charge in [-0.05, 0) is 60.7 Å². The van der Waals surface area contributed by atoms with Crippen LogP contribution in [-0.4, -0.2) is 50.4 Å². The Morgan fingerprint density at radius 1 is 0.538 bits per heavy atom. The molecule has 4 N–H and O–H groups in total. The minimum Gasteiger partial charge on any atom is -0.399 e. The van der Waals surface area contributed by atoms with Crippen LogP contribution in [0.1, 0.15) is 0 Å². The number of hydrogen-bond donors (Lipinski definition) is 2.